The number of hydrogen-bond donors (Lipinski definition) is 1. The number of fused-ring (bicyclic) bond motifs is 1. The Bertz CT molecular complexity index is 1440. The van der Waals surface area contributed by atoms with E-state index in [-0.39, 0.29) is 19.0 Å². The van der Waals surface area contributed by atoms with Crippen LogP contribution in [0.15, 0.2) is 82.4 Å². The number of aryl methyl sites for hydroxylation is 1. The maximum Gasteiger partial charge on any atom is 0.332 e. The molecular weight excluding hydrogens is 450 g/mol. The fourth-order valence-electron chi connectivity index (χ4n) is 3.96. The zero-order chi connectivity index (χ0) is 24.1. The van der Waals surface area contributed by atoms with Gasteiger partial charge in [0.25, 0.3) is 5.56 Å². The molecule has 174 valence electrons. The highest BCUT2D eigenvalue weighted by molar-refractivity contribution is 6.30. The summed E-state index contributed by atoms with van der Waals surface area (Å²) in [7, 11) is 0. The van der Waals surface area contributed by atoms with Crippen LogP contribution in [-0.4, -0.2) is 15.0 Å². The number of para-hydroxylation sites is 1. The number of hydrogen-bond acceptors (Lipinski definition) is 3. The SMILES string of the molecule is CCCCc1ccc(NC(=O)Cn2c(=O)n(Cc3cccc(Cl)c3)c(=O)c3ccccc32)cc1. The summed E-state index contributed by atoms with van der Waals surface area (Å²) >= 11 is 6.07. The van der Waals surface area contributed by atoms with Crippen LogP contribution in [0.5, 0.6) is 0 Å². The summed E-state index contributed by atoms with van der Waals surface area (Å²) in [6, 6.07) is 21.6. The molecule has 0 spiro atoms. The van der Waals surface area contributed by atoms with Crippen molar-refractivity contribution >= 4 is 34.1 Å². The summed E-state index contributed by atoms with van der Waals surface area (Å²) in [5, 5.41) is 3.75. The predicted molar refractivity (Wildman–Crippen MR) is 137 cm³/mol. The number of carbonyl (C=O) groups is 1. The number of carbonyl (C=O) groups excluding carboxylic acids is 1. The molecule has 0 aliphatic rings. The molecule has 0 fully saturated rings. The van der Waals surface area contributed by atoms with Crippen molar-refractivity contribution in [3.63, 3.8) is 0 Å². The molecule has 3 aromatic carbocycles. The van der Waals surface area contributed by atoms with Gasteiger partial charge in [0.2, 0.25) is 5.91 Å². The van der Waals surface area contributed by atoms with Crippen molar-refractivity contribution in [1.82, 2.24) is 9.13 Å². The van der Waals surface area contributed by atoms with Crippen molar-refractivity contribution in [3.8, 4) is 0 Å². The number of amides is 1. The Labute approximate surface area is 202 Å². The number of nitrogens with one attached hydrogen (secondary N) is 1. The van der Waals surface area contributed by atoms with Crippen molar-refractivity contribution in [2.45, 2.75) is 39.3 Å². The average molecular weight is 476 g/mol. The van der Waals surface area contributed by atoms with E-state index < -0.39 is 11.2 Å². The van der Waals surface area contributed by atoms with E-state index in [9.17, 15) is 14.4 Å². The lowest BCUT2D eigenvalue weighted by Crippen LogP contribution is -2.42. The molecule has 4 aromatic rings. The molecule has 0 unspecified atom stereocenters. The number of rotatable bonds is 8. The Morgan fingerprint density at radius 1 is 0.912 bits per heavy atom. The van der Waals surface area contributed by atoms with Gasteiger partial charge in [0.15, 0.2) is 0 Å². The van der Waals surface area contributed by atoms with E-state index in [1.807, 2.05) is 24.3 Å². The molecular formula is C27H26ClN3O3. The van der Waals surface area contributed by atoms with Gasteiger partial charge in [0.05, 0.1) is 17.4 Å². The second-order valence-corrected chi connectivity index (χ2v) is 8.69. The van der Waals surface area contributed by atoms with Gasteiger partial charge in [-0.2, -0.15) is 0 Å². The molecule has 1 aromatic heterocycles. The van der Waals surface area contributed by atoms with Gasteiger partial charge < -0.3 is 5.32 Å². The second-order valence-electron chi connectivity index (χ2n) is 8.26. The molecule has 6 nitrogen and oxygen atoms in total. The first-order valence-corrected chi connectivity index (χ1v) is 11.7. The zero-order valence-electron chi connectivity index (χ0n) is 19.0. The van der Waals surface area contributed by atoms with Crippen LogP contribution in [0.2, 0.25) is 5.02 Å². The minimum Gasteiger partial charge on any atom is -0.325 e. The molecule has 0 aliphatic heterocycles. The molecule has 1 amide bonds. The number of benzene rings is 3. The maximum atomic E-state index is 13.3. The Balaban J connectivity index is 1.64. The quantitative estimate of drug-likeness (QED) is 0.396. The lowest BCUT2D eigenvalue weighted by atomic mass is 10.1. The molecule has 7 heteroatoms. The van der Waals surface area contributed by atoms with E-state index in [4.69, 9.17) is 11.6 Å². The minimum atomic E-state index is -0.547. The van der Waals surface area contributed by atoms with Gasteiger partial charge in [-0.15, -0.1) is 0 Å². The lowest BCUT2D eigenvalue weighted by Gasteiger charge is -2.14. The smallest absolute Gasteiger partial charge is 0.325 e. The third-order valence-electron chi connectivity index (χ3n) is 5.72. The lowest BCUT2D eigenvalue weighted by molar-refractivity contribution is -0.116. The Hall–Kier alpha value is -3.64. The van der Waals surface area contributed by atoms with Crippen molar-refractivity contribution in [2.24, 2.45) is 0 Å². The van der Waals surface area contributed by atoms with E-state index in [1.165, 1.54) is 10.1 Å². The fourth-order valence-corrected chi connectivity index (χ4v) is 4.17. The third kappa shape index (κ3) is 5.29. The monoisotopic (exact) mass is 475 g/mol. The van der Waals surface area contributed by atoms with E-state index in [0.29, 0.717) is 21.6 Å². The molecule has 0 bridgehead atoms. The van der Waals surface area contributed by atoms with Crippen LogP contribution >= 0.6 is 11.6 Å². The topological polar surface area (TPSA) is 73.1 Å². The second kappa shape index (κ2) is 10.5. The van der Waals surface area contributed by atoms with Gasteiger partial charge in [0, 0.05) is 10.7 Å². The van der Waals surface area contributed by atoms with E-state index in [2.05, 4.69) is 12.2 Å². The molecule has 0 saturated carbocycles. The van der Waals surface area contributed by atoms with Gasteiger partial charge in [0.1, 0.15) is 6.54 Å². The molecule has 0 aliphatic carbocycles. The fraction of sp³-hybridized carbons (Fsp3) is 0.222. The molecule has 34 heavy (non-hydrogen) atoms. The molecule has 4 rings (SSSR count). The summed E-state index contributed by atoms with van der Waals surface area (Å²) in [6.07, 6.45) is 3.24. The summed E-state index contributed by atoms with van der Waals surface area (Å²) in [5.41, 5.74) is 2.07. The highest BCUT2D eigenvalue weighted by Crippen LogP contribution is 2.14. The van der Waals surface area contributed by atoms with Crippen molar-refractivity contribution in [1.29, 1.82) is 0 Å². The normalized spacial score (nSPS) is 11.0. The van der Waals surface area contributed by atoms with Crippen molar-refractivity contribution < 1.29 is 4.79 Å². The average Bonchev–Trinajstić information content (AvgIpc) is 2.84. The summed E-state index contributed by atoms with van der Waals surface area (Å²) in [4.78, 5) is 39.3. The number of aromatic nitrogens is 2. The molecule has 1 N–H and O–H groups in total. The van der Waals surface area contributed by atoms with Crippen LogP contribution < -0.4 is 16.6 Å². The zero-order valence-corrected chi connectivity index (χ0v) is 19.7. The Morgan fingerprint density at radius 3 is 2.41 bits per heavy atom. The number of unbranched alkanes of at least 4 members (excludes halogenated alkanes) is 1. The Kier molecular flexibility index (Phi) is 7.28. The first kappa shape index (κ1) is 23.5. The van der Waals surface area contributed by atoms with Crippen LogP contribution in [0, 0.1) is 0 Å². The maximum absolute atomic E-state index is 13.3. The van der Waals surface area contributed by atoms with Crippen LogP contribution in [0.3, 0.4) is 0 Å². The standard InChI is InChI=1S/C27H26ClN3O3/c1-2-3-7-19-12-14-22(15-13-19)29-25(32)18-30-24-11-5-4-10-23(24)26(33)31(27(30)34)17-20-8-6-9-21(28)16-20/h4-6,8-16H,2-3,7,17-18H2,1H3,(H,29,32). The predicted octanol–water partition coefficient (Wildman–Crippen LogP) is 4.85. The third-order valence-corrected chi connectivity index (χ3v) is 5.96. The highest BCUT2D eigenvalue weighted by Gasteiger charge is 2.16. The molecule has 0 atom stereocenters. The summed E-state index contributed by atoms with van der Waals surface area (Å²) in [6.45, 7) is 2.00. The van der Waals surface area contributed by atoms with Crippen molar-refractivity contribution in [2.75, 3.05) is 5.32 Å². The van der Waals surface area contributed by atoms with E-state index in [1.54, 1.807) is 48.5 Å². The summed E-state index contributed by atoms with van der Waals surface area (Å²) < 4.78 is 2.48. The summed E-state index contributed by atoms with van der Waals surface area (Å²) in [5.74, 6) is -0.346. The molecule has 0 radical (unpaired) electrons. The van der Waals surface area contributed by atoms with Gasteiger partial charge in [-0.25, -0.2) is 4.79 Å². The van der Waals surface area contributed by atoms with E-state index in [0.717, 1.165) is 29.4 Å². The number of halogens is 1. The minimum absolute atomic E-state index is 0.0594. The van der Waals surface area contributed by atoms with Gasteiger partial charge >= 0.3 is 5.69 Å². The van der Waals surface area contributed by atoms with Crippen LogP contribution in [0.25, 0.3) is 10.9 Å². The van der Waals surface area contributed by atoms with Gasteiger partial charge in [-0.3, -0.25) is 18.7 Å². The van der Waals surface area contributed by atoms with Crippen LogP contribution in [-0.2, 0) is 24.3 Å². The number of nitrogens with zero attached hydrogens (tertiary/aromatic N) is 2. The molecule has 1 heterocycles. The number of anilines is 1. The van der Waals surface area contributed by atoms with E-state index >= 15 is 0 Å². The van der Waals surface area contributed by atoms with Gasteiger partial charge in [-0.05, 0) is 60.4 Å². The van der Waals surface area contributed by atoms with Crippen LogP contribution in [0.4, 0.5) is 5.69 Å². The first-order chi connectivity index (χ1) is 16.5. The largest absolute Gasteiger partial charge is 0.332 e. The van der Waals surface area contributed by atoms with Crippen molar-refractivity contribution in [3.05, 3.63) is 110 Å². The van der Waals surface area contributed by atoms with Crippen LogP contribution in [0.1, 0.15) is 30.9 Å². The first-order valence-electron chi connectivity index (χ1n) is 11.3. The molecule has 0 saturated heterocycles. The highest BCUT2D eigenvalue weighted by atomic mass is 35.5. The Morgan fingerprint density at radius 2 is 1.68 bits per heavy atom. The van der Waals surface area contributed by atoms with Gasteiger partial charge in [-0.1, -0.05) is 61.3 Å².